The number of rotatable bonds is 6. The average molecular weight is 322 g/mol. The number of amides is 1. The van der Waals surface area contributed by atoms with Crippen molar-refractivity contribution >= 4 is 12.1 Å². The van der Waals surface area contributed by atoms with Gasteiger partial charge in [-0.2, -0.15) is 4.79 Å². The number of ether oxygens (including phenoxy) is 1. The third-order valence-corrected chi connectivity index (χ3v) is 4.95. The lowest BCUT2D eigenvalue weighted by atomic mass is 9.89. The van der Waals surface area contributed by atoms with E-state index in [9.17, 15) is 19.8 Å². The van der Waals surface area contributed by atoms with Gasteiger partial charge in [0, 0.05) is 25.0 Å². The van der Waals surface area contributed by atoms with Crippen molar-refractivity contribution in [3.8, 4) is 0 Å². The Morgan fingerprint density at radius 1 is 1.26 bits per heavy atom. The number of carboxylic acids is 1. The second-order valence-electron chi connectivity index (χ2n) is 6.05. The average Bonchev–Trinajstić information content (AvgIpc) is 2.84. The first-order valence-electron chi connectivity index (χ1n) is 7.91. The molecule has 1 aliphatic rings. The topological polar surface area (TPSA) is 83.8 Å². The van der Waals surface area contributed by atoms with E-state index in [2.05, 4.69) is 0 Å². The van der Waals surface area contributed by atoms with E-state index >= 15 is 0 Å². The van der Waals surface area contributed by atoms with Gasteiger partial charge in [0.2, 0.25) is 5.54 Å². The van der Waals surface area contributed by atoms with Gasteiger partial charge in [-0.1, -0.05) is 37.3 Å². The van der Waals surface area contributed by atoms with E-state index in [0.717, 1.165) is 5.56 Å². The van der Waals surface area contributed by atoms with Crippen molar-refractivity contribution in [2.75, 3.05) is 13.2 Å². The SMILES string of the molecule is CCO[C@@H]1CC(CC)(C(=O)O)[N+](Cc2ccccc2)(C(=O)O)C1. The normalized spacial score (nSPS) is 30.3. The van der Waals surface area contributed by atoms with Gasteiger partial charge in [0.15, 0.2) is 0 Å². The predicted molar refractivity (Wildman–Crippen MR) is 84.0 cm³/mol. The molecule has 6 heteroatoms. The molecule has 1 heterocycles. The molecular formula is C17H24NO5+. The summed E-state index contributed by atoms with van der Waals surface area (Å²) in [6, 6.07) is 9.18. The monoisotopic (exact) mass is 322 g/mol. The van der Waals surface area contributed by atoms with Crippen LogP contribution in [0.4, 0.5) is 4.79 Å². The van der Waals surface area contributed by atoms with Crippen molar-refractivity contribution in [1.29, 1.82) is 0 Å². The molecule has 2 unspecified atom stereocenters. The Kier molecular flexibility index (Phi) is 5.06. The maximum absolute atomic E-state index is 12.2. The molecule has 2 N–H and O–H groups in total. The van der Waals surface area contributed by atoms with Gasteiger partial charge >= 0.3 is 12.1 Å². The summed E-state index contributed by atoms with van der Waals surface area (Å²) < 4.78 is 5.09. The lowest BCUT2D eigenvalue weighted by Gasteiger charge is -2.40. The van der Waals surface area contributed by atoms with E-state index in [1.54, 1.807) is 6.92 Å². The van der Waals surface area contributed by atoms with Gasteiger partial charge < -0.3 is 14.9 Å². The second-order valence-corrected chi connectivity index (χ2v) is 6.05. The van der Waals surface area contributed by atoms with Gasteiger partial charge in [0.1, 0.15) is 19.2 Å². The Labute approximate surface area is 135 Å². The molecule has 1 aliphatic heterocycles. The Morgan fingerprint density at radius 2 is 1.91 bits per heavy atom. The quantitative estimate of drug-likeness (QED) is 0.787. The largest absolute Gasteiger partial charge is 0.514 e. The molecule has 0 spiro atoms. The minimum atomic E-state index is -1.37. The summed E-state index contributed by atoms with van der Waals surface area (Å²) in [5.74, 6) is -1.07. The summed E-state index contributed by atoms with van der Waals surface area (Å²) in [4.78, 5) is 24.3. The lowest BCUT2D eigenvalue weighted by Crippen LogP contribution is -2.66. The summed E-state index contributed by atoms with van der Waals surface area (Å²) in [7, 11) is 0. The van der Waals surface area contributed by atoms with Gasteiger partial charge in [-0.05, 0) is 6.92 Å². The Bertz CT molecular complexity index is 576. The summed E-state index contributed by atoms with van der Waals surface area (Å²) in [6.45, 7) is 4.32. The van der Waals surface area contributed by atoms with Crippen LogP contribution in [0.1, 0.15) is 32.3 Å². The predicted octanol–water partition coefficient (Wildman–Crippen LogP) is 2.72. The second kappa shape index (κ2) is 6.68. The van der Waals surface area contributed by atoms with Crippen molar-refractivity contribution in [3.05, 3.63) is 35.9 Å². The minimum Gasteiger partial charge on any atom is -0.477 e. The molecule has 23 heavy (non-hydrogen) atoms. The van der Waals surface area contributed by atoms with E-state index in [0.29, 0.717) is 6.61 Å². The van der Waals surface area contributed by atoms with E-state index in [1.807, 2.05) is 37.3 Å². The number of hydrogen-bond acceptors (Lipinski definition) is 3. The van der Waals surface area contributed by atoms with Crippen LogP contribution < -0.4 is 0 Å². The number of nitrogens with zero attached hydrogens (tertiary/aromatic N) is 1. The van der Waals surface area contributed by atoms with Crippen LogP contribution >= 0.6 is 0 Å². The standard InChI is InChI=1S/C17H23NO5/c1-3-17(15(19)20)10-14(23-4-2)12-18(17,16(21)22)11-13-8-6-5-7-9-13/h5-9,14H,3-4,10-12H2,1-2H3,(H-,19,20,21,22)/p+1/t14-,17?,18?/m1/s1. The molecule has 126 valence electrons. The molecule has 1 aromatic carbocycles. The number of carboxylic acid groups (broad SMARTS) is 2. The number of quaternary nitrogens is 1. The van der Waals surface area contributed by atoms with Crippen LogP contribution in [0.3, 0.4) is 0 Å². The van der Waals surface area contributed by atoms with Crippen LogP contribution in [0, 0.1) is 0 Å². The van der Waals surface area contributed by atoms with Crippen LogP contribution in [-0.4, -0.2) is 51.6 Å². The zero-order chi connectivity index (χ0) is 17.1. The first-order valence-corrected chi connectivity index (χ1v) is 7.91. The van der Waals surface area contributed by atoms with Crippen molar-refractivity contribution < 1.29 is 29.0 Å². The Morgan fingerprint density at radius 3 is 2.39 bits per heavy atom. The van der Waals surface area contributed by atoms with Crippen molar-refractivity contribution in [2.45, 2.75) is 44.9 Å². The van der Waals surface area contributed by atoms with Gasteiger partial charge in [-0.3, -0.25) is 0 Å². The number of benzene rings is 1. The Balaban J connectivity index is 2.51. The maximum atomic E-state index is 12.2. The fraction of sp³-hybridized carbons (Fsp3) is 0.529. The van der Waals surface area contributed by atoms with Gasteiger partial charge in [-0.25, -0.2) is 9.28 Å². The third-order valence-electron chi connectivity index (χ3n) is 4.95. The van der Waals surface area contributed by atoms with Crippen LogP contribution in [-0.2, 0) is 16.1 Å². The zero-order valence-corrected chi connectivity index (χ0v) is 13.6. The fourth-order valence-corrected chi connectivity index (χ4v) is 3.79. The van der Waals surface area contributed by atoms with Crippen LogP contribution in [0.2, 0.25) is 0 Å². The molecule has 6 nitrogen and oxygen atoms in total. The molecule has 0 aromatic heterocycles. The molecule has 0 radical (unpaired) electrons. The number of carbonyl (C=O) groups is 2. The molecule has 1 amide bonds. The third kappa shape index (κ3) is 2.84. The molecule has 2 rings (SSSR count). The van der Waals surface area contributed by atoms with Crippen LogP contribution in [0.25, 0.3) is 0 Å². The summed E-state index contributed by atoms with van der Waals surface area (Å²) >= 11 is 0. The van der Waals surface area contributed by atoms with Gasteiger partial charge in [0.25, 0.3) is 0 Å². The van der Waals surface area contributed by atoms with Gasteiger partial charge in [0.05, 0.1) is 0 Å². The van der Waals surface area contributed by atoms with E-state index in [4.69, 9.17) is 4.74 Å². The molecule has 0 saturated carbocycles. The van der Waals surface area contributed by atoms with Crippen LogP contribution in [0.15, 0.2) is 30.3 Å². The van der Waals surface area contributed by atoms with E-state index in [-0.39, 0.29) is 32.0 Å². The minimum absolute atomic E-state index is 0.139. The van der Waals surface area contributed by atoms with E-state index in [1.165, 1.54) is 0 Å². The van der Waals surface area contributed by atoms with Crippen molar-refractivity contribution in [1.82, 2.24) is 0 Å². The molecule has 0 aliphatic carbocycles. The van der Waals surface area contributed by atoms with Crippen molar-refractivity contribution in [3.63, 3.8) is 0 Å². The highest BCUT2D eigenvalue weighted by Crippen LogP contribution is 2.43. The molecule has 1 fully saturated rings. The number of aliphatic carboxylic acids is 1. The first-order chi connectivity index (χ1) is 10.9. The Hall–Kier alpha value is -1.92. The van der Waals surface area contributed by atoms with Crippen LogP contribution in [0.5, 0.6) is 0 Å². The van der Waals surface area contributed by atoms with E-state index < -0.39 is 22.1 Å². The molecule has 1 aromatic rings. The molecule has 1 saturated heterocycles. The maximum Gasteiger partial charge on any atom is 0.514 e. The first kappa shape index (κ1) is 17.4. The number of hydrogen-bond donors (Lipinski definition) is 2. The number of likely N-dealkylation sites (tertiary alicyclic amines) is 1. The van der Waals surface area contributed by atoms with Crippen molar-refractivity contribution in [2.24, 2.45) is 0 Å². The summed E-state index contributed by atoms with van der Waals surface area (Å²) in [5, 5.41) is 19.9. The smallest absolute Gasteiger partial charge is 0.477 e. The lowest BCUT2D eigenvalue weighted by molar-refractivity contribution is -0.900. The summed E-state index contributed by atoms with van der Waals surface area (Å²) in [5.41, 5.74) is -0.562. The zero-order valence-electron chi connectivity index (χ0n) is 13.6. The molecule has 3 atom stereocenters. The highest BCUT2D eigenvalue weighted by molar-refractivity contribution is 5.80. The van der Waals surface area contributed by atoms with Gasteiger partial charge in [-0.15, -0.1) is 0 Å². The molecule has 0 bridgehead atoms. The highest BCUT2D eigenvalue weighted by Gasteiger charge is 2.67. The molecular weight excluding hydrogens is 298 g/mol. The highest BCUT2D eigenvalue weighted by atomic mass is 16.5. The summed E-state index contributed by atoms with van der Waals surface area (Å²) in [6.07, 6.45) is -1.02. The fourth-order valence-electron chi connectivity index (χ4n) is 3.79.